The van der Waals surface area contributed by atoms with E-state index < -0.39 is 5.92 Å². The molecule has 0 unspecified atom stereocenters. The summed E-state index contributed by atoms with van der Waals surface area (Å²) >= 11 is 3.19. The Morgan fingerprint density at radius 2 is 1.89 bits per heavy atom. The van der Waals surface area contributed by atoms with E-state index in [1.807, 2.05) is 0 Å². The molecule has 2 nitrogen and oxygen atoms in total. The van der Waals surface area contributed by atoms with Crippen molar-refractivity contribution in [1.82, 2.24) is 10.2 Å². The molecule has 18 heavy (non-hydrogen) atoms. The molecule has 0 amide bonds. The minimum Gasteiger partial charge on any atom is -0.314 e. The minimum absolute atomic E-state index is 0.0835. The fraction of sp³-hybridized carbons (Fsp3) is 0.538. The van der Waals surface area contributed by atoms with E-state index in [2.05, 4.69) is 26.1 Å². The first kappa shape index (κ1) is 13.9. The monoisotopic (exact) mass is 318 g/mol. The van der Waals surface area contributed by atoms with Gasteiger partial charge in [-0.05, 0) is 6.07 Å². The van der Waals surface area contributed by atoms with Gasteiger partial charge in [-0.15, -0.1) is 0 Å². The van der Waals surface area contributed by atoms with Gasteiger partial charge in [0.1, 0.15) is 0 Å². The molecule has 1 aromatic carbocycles. The minimum atomic E-state index is -2.77. The largest absolute Gasteiger partial charge is 0.314 e. The summed E-state index contributed by atoms with van der Waals surface area (Å²) in [6, 6.07) is 6.55. The van der Waals surface area contributed by atoms with E-state index in [1.165, 1.54) is 6.07 Å². The second-order valence-electron chi connectivity index (χ2n) is 4.53. The lowest BCUT2D eigenvalue weighted by atomic mass is 10.1. The van der Waals surface area contributed by atoms with Crippen LogP contribution < -0.4 is 5.32 Å². The van der Waals surface area contributed by atoms with Crippen LogP contribution in [-0.4, -0.2) is 37.6 Å². The smallest absolute Gasteiger partial charge is 0.275 e. The molecule has 1 aliphatic heterocycles. The molecule has 0 aliphatic carbocycles. The molecule has 1 aliphatic rings. The molecule has 1 aromatic rings. The third kappa shape index (κ3) is 3.49. The van der Waals surface area contributed by atoms with Gasteiger partial charge >= 0.3 is 0 Å². The second kappa shape index (κ2) is 6.08. The molecule has 0 radical (unpaired) electrons. The van der Waals surface area contributed by atoms with Crippen molar-refractivity contribution in [3.63, 3.8) is 0 Å². The van der Waals surface area contributed by atoms with Crippen LogP contribution in [0.4, 0.5) is 8.78 Å². The van der Waals surface area contributed by atoms with E-state index >= 15 is 0 Å². The zero-order valence-corrected chi connectivity index (χ0v) is 11.7. The van der Waals surface area contributed by atoms with Crippen LogP contribution in [0.1, 0.15) is 12.0 Å². The zero-order chi connectivity index (χ0) is 13.0. The summed E-state index contributed by atoms with van der Waals surface area (Å²) in [4.78, 5) is 2.08. The van der Waals surface area contributed by atoms with Crippen molar-refractivity contribution in [2.45, 2.75) is 12.3 Å². The maximum atomic E-state index is 14.1. The van der Waals surface area contributed by atoms with E-state index in [-0.39, 0.29) is 12.0 Å². The zero-order valence-electron chi connectivity index (χ0n) is 10.1. The molecule has 0 atom stereocenters. The lowest BCUT2D eigenvalue weighted by Crippen LogP contribution is -2.44. The van der Waals surface area contributed by atoms with E-state index in [9.17, 15) is 8.78 Å². The van der Waals surface area contributed by atoms with Gasteiger partial charge in [0.2, 0.25) is 0 Å². The highest BCUT2D eigenvalue weighted by Crippen LogP contribution is 2.36. The number of alkyl halides is 2. The second-order valence-corrected chi connectivity index (χ2v) is 5.38. The first-order valence-electron chi connectivity index (χ1n) is 6.15. The van der Waals surface area contributed by atoms with Crippen molar-refractivity contribution in [1.29, 1.82) is 0 Å². The Hall–Kier alpha value is -0.520. The molecule has 0 aromatic heterocycles. The van der Waals surface area contributed by atoms with Gasteiger partial charge in [0, 0.05) is 49.2 Å². The fourth-order valence-corrected chi connectivity index (χ4v) is 2.70. The summed E-state index contributed by atoms with van der Waals surface area (Å²) < 4.78 is 28.7. The van der Waals surface area contributed by atoms with Crippen molar-refractivity contribution < 1.29 is 8.78 Å². The Labute approximate surface area is 114 Å². The maximum absolute atomic E-state index is 14.1. The number of benzene rings is 1. The summed E-state index contributed by atoms with van der Waals surface area (Å²) in [5.74, 6) is -2.77. The molecular formula is C13H17BrF2N2. The molecule has 0 saturated carbocycles. The maximum Gasteiger partial charge on any atom is 0.275 e. The molecule has 1 fully saturated rings. The summed E-state index contributed by atoms with van der Waals surface area (Å²) in [7, 11) is 0. The third-order valence-electron chi connectivity index (χ3n) is 3.22. The van der Waals surface area contributed by atoms with Crippen LogP contribution in [0.5, 0.6) is 0 Å². The van der Waals surface area contributed by atoms with Crippen molar-refractivity contribution in [3.8, 4) is 0 Å². The molecular weight excluding hydrogens is 302 g/mol. The van der Waals surface area contributed by atoms with Crippen molar-refractivity contribution >= 4 is 15.9 Å². The SMILES string of the molecule is FC(F)(CCN1CCNCC1)c1ccccc1Br. The number of rotatable bonds is 4. The predicted octanol–water partition coefficient (Wildman–Crippen LogP) is 2.84. The van der Waals surface area contributed by atoms with Crippen molar-refractivity contribution in [2.75, 3.05) is 32.7 Å². The summed E-state index contributed by atoms with van der Waals surface area (Å²) in [6.45, 7) is 3.93. The lowest BCUT2D eigenvalue weighted by Gasteiger charge is -2.29. The Balaban J connectivity index is 1.96. The number of hydrogen-bond acceptors (Lipinski definition) is 2. The van der Waals surface area contributed by atoms with Crippen LogP contribution in [0.3, 0.4) is 0 Å². The average Bonchev–Trinajstić information content (AvgIpc) is 2.38. The Morgan fingerprint density at radius 3 is 2.56 bits per heavy atom. The number of halogens is 3. The van der Waals surface area contributed by atoms with E-state index in [0.29, 0.717) is 11.0 Å². The van der Waals surface area contributed by atoms with Crippen LogP contribution in [0.15, 0.2) is 28.7 Å². The molecule has 100 valence electrons. The number of nitrogens with zero attached hydrogens (tertiary/aromatic N) is 1. The average molecular weight is 319 g/mol. The Kier molecular flexibility index (Phi) is 4.70. The molecule has 1 heterocycles. The van der Waals surface area contributed by atoms with Crippen molar-refractivity contribution in [3.05, 3.63) is 34.3 Å². The van der Waals surface area contributed by atoms with Crippen molar-refractivity contribution in [2.24, 2.45) is 0 Å². The highest BCUT2D eigenvalue weighted by molar-refractivity contribution is 9.10. The van der Waals surface area contributed by atoms with Gasteiger partial charge in [0.05, 0.1) is 0 Å². The fourth-order valence-electron chi connectivity index (χ4n) is 2.13. The quantitative estimate of drug-likeness (QED) is 0.918. The highest BCUT2D eigenvalue weighted by Gasteiger charge is 2.33. The van der Waals surface area contributed by atoms with Gasteiger partial charge in [-0.2, -0.15) is 0 Å². The molecule has 5 heteroatoms. The standard InChI is InChI=1S/C13H17BrF2N2/c14-12-4-2-1-3-11(12)13(15,16)5-8-18-9-6-17-7-10-18/h1-4,17H,5-10H2. The van der Waals surface area contributed by atoms with Gasteiger partial charge in [-0.25, -0.2) is 8.78 Å². The van der Waals surface area contributed by atoms with Gasteiger partial charge in [0.15, 0.2) is 0 Å². The van der Waals surface area contributed by atoms with Crippen LogP contribution >= 0.6 is 15.9 Å². The molecule has 2 rings (SSSR count). The number of piperazine rings is 1. The molecule has 1 N–H and O–H groups in total. The van der Waals surface area contributed by atoms with E-state index in [0.717, 1.165) is 26.2 Å². The molecule has 1 saturated heterocycles. The first-order chi connectivity index (χ1) is 8.59. The highest BCUT2D eigenvalue weighted by atomic mass is 79.9. The first-order valence-corrected chi connectivity index (χ1v) is 6.95. The molecule has 0 spiro atoms. The Bertz CT molecular complexity index is 392. The topological polar surface area (TPSA) is 15.3 Å². The summed E-state index contributed by atoms with van der Waals surface area (Å²) in [5.41, 5.74) is 0.0835. The summed E-state index contributed by atoms with van der Waals surface area (Å²) in [6.07, 6.45) is -0.129. The molecule has 0 bridgehead atoms. The third-order valence-corrected chi connectivity index (χ3v) is 3.91. The van der Waals surface area contributed by atoms with Crippen LogP contribution in [0, 0.1) is 0 Å². The van der Waals surface area contributed by atoms with Gasteiger partial charge in [-0.1, -0.05) is 34.1 Å². The van der Waals surface area contributed by atoms with Crippen LogP contribution in [0.2, 0.25) is 0 Å². The van der Waals surface area contributed by atoms with Crippen LogP contribution in [0.25, 0.3) is 0 Å². The normalized spacial score (nSPS) is 17.9. The van der Waals surface area contributed by atoms with Crippen LogP contribution in [-0.2, 0) is 5.92 Å². The lowest BCUT2D eigenvalue weighted by molar-refractivity contribution is -0.0233. The number of nitrogens with one attached hydrogen (secondary N) is 1. The predicted molar refractivity (Wildman–Crippen MR) is 72.0 cm³/mol. The van der Waals surface area contributed by atoms with Gasteiger partial charge in [0.25, 0.3) is 5.92 Å². The number of hydrogen-bond donors (Lipinski definition) is 1. The van der Waals surface area contributed by atoms with E-state index in [1.54, 1.807) is 18.2 Å². The summed E-state index contributed by atoms with van der Waals surface area (Å²) in [5, 5.41) is 3.22. The Morgan fingerprint density at radius 1 is 1.22 bits per heavy atom. The van der Waals surface area contributed by atoms with E-state index in [4.69, 9.17) is 0 Å². The van der Waals surface area contributed by atoms with Gasteiger partial charge in [-0.3, -0.25) is 0 Å². The van der Waals surface area contributed by atoms with Gasteiger partial charge < -0.3 is 10.2 Å².